The standard InChI is InChI=1S/C27H25N3O2/c1-3-31-26-17-21(10-12-25(26)32-14-13-20-7-5-4-6-8-20)16-22(18-28)27-29-23-11-9-19(2)15-24(23)30-27/h4-12,15-17H,3,13-14H2,1-2H3,(H,29,30)/b22-16-. The molecule has 1 aromatic heterocycles. The summed E-state index contributed by atoms with van der Waals surface area (Å²) < 4.78 is 11.8. The van der Waals surface area contributed by atoms with E-state index >= 15 is 0 Å². The van der Waals surface area contributed by atoms with Crippen LogP contribution in [0.4, 0.5) is 0 Å². The van der Waals surface area contributed by atoms with Crippen LogP contribution in [0.25, 0.3) is 22.7 Å². The molecule has 0 radical (unpaired) electrons. The first-order chi connectivity index (χ1) is 15.7. The lowest BCUT2D eigenvalue weighted by molar-refractivity contribution is 0.279. The Morgan fingerprint density at radius 3 is 2.66 bits per heavy atom. The molecule has 3 aromatic carbocycles. The number of aryl methyl sites for hydroxylation is 1. The van der Waals surface area contributed by atoms with Crippen LogP contribution < -0.4 is 9.47 Å². The molecule has 4 rings (SSSR count). The Balaban J connectivity index is 1.55. The Hall–Kier alpha value is -4.04. The van der Waals surface area contributed by atoms with Crippen LogP contribution in [0.1, 0.15) is 29.4 Å². The molecular formula is C27H25N3O2. The summed E-state index contributed by atoms with van der Waals surface area (Å²) in [6.45, 7) is 5.05. The molecule has 5 heteroatoms. The van der Waals surface area contributed by atoms with E-state index in [1.54, 1.807) is 6.08 Å². The van der Waals surface area contributed by atoms with Gasteiger partial charge in [-0.3, -0.25) is 0 Å². The summed E-state index contributed by atoms with van der Waals surface area (Å²) in [5.41, 5.74) is 5.42. The molecule has 160 valence electrons. The fourth-order valence-corrected chi connectivity index (χ4v) is 3.50. The van der Waals surface area contributed by atoms with Crippen LogP contribution in [-0.2, 0) is 6.42 Å². The maximum Gasteiger partial charge on any atom is 0.161 e. The Labute approximate surface area is 188 Å². The third-order valence-electron chi connectivity index (χ3n) is 5.08. The molecule has 4 aromatic rings. The predicted octanol–water partition coefficient (Wildman–Crippen LogP) is 5.96. The van der Waals surface area contributed by atoms with Gasteiger partial charge in [0.05, 0.1) is 29.8 Å². The fraction of sp³-hybridized carbons (Fsp3) is 0.185. The van der Waals surface area contributed by atoms with Crippen molar-refractivity contribution in [1.82, 2.24) is 9.97 Å². The number of nitrogens with one attached hydrogen (secondary N) is 1. The molecule has 0 saturated heterocycles. The number of ether oxygens (including phenoxy) is 2. The Morgan fingerprint density at radius 1 is 1.03 bits per heavy atom. The van der Waals surface area contributed by atoms with Crippen molar-refractivity contribution in [3.63, 3.8) is 0 Å². The van der Waals surface area contributed by atoms with Gasteiger partial charge in [-0.05, 0) is 60.9 Å². The van der Waals surface area contributed by atoms with Crippen molar-refractivity contribution < 1.29 is 9.47 Å². The second-order valence-electron chi connectivity index (χ2n) is 7.50. The molecule has 0 spiro atoms. The van der Waals surface area contributed by atoms with Gasteiger partial charge in [-0.1, -0.05) is 42.5 Å². The molecule has 0 aliphatic rings. The molecule has 0 fully saturated rings. The molecule has 0 bridgehead atoms. The molecule has 0 unspecified atom stereocenters. The highest BCUT2D eigenvalue weighted by Gasteiger charge is 2.11. The molecular weight excluding hydrogens is 398 g/mol. The van der Waals surface area contributed by atoms with Crippen molar-refractivity contribution in [2.45, 2.75) is 20.3 Å². The van der Waals surface area contributed by atoms with Crippen molar-refractivity contribution in [3.05, 3.63) is 89.2 Å². The molecule has 1 heterocycles. The molecule has 1 N–H and O–H groups in total. The average molecular weight is 424 g/mol. The van der Waals surface area contributed by atoms with Gasteiger partial charge in [0.25, 0.3) is 0 Å². The van der Waals surface area contributed by atoms with E-state index in [2.05, 4.69) is 28.2 Å². The van der Waals surface area contributed by atoms with Crippen molar-refractivity contribution in [2.24, 2.45) is 0 Å². The van der Waals surface area contributed by atoms with Gasteiger partial charge in [-0.25, -0.2) is 4.98 Å². The van der Waals surface area contributed by atoms with E-state index in [0.717, 1.165) is 28.6 Å². The monoisotopic (exact) mass is 423 g/mol. The number of nitriles is 1. The van der Waals surface area contributed by atoms with Crippen LogP contribution in [0.2, 0.25) is 0 Å². The Morgan fingerprint density at radius 2 is 1.88 bits per heavy atom. The second-order valence-corrected chi connectivity index (χ2v) is 7.50. The van der Waals surface area contributed by atoms with Crippen molar-refractivity contribution in [1.29, 1.82) is 5.26 Å². The molecule has 0 saturated carbocycles. The highest BCUT2D eigenvalue weighted by Crippen LogP contribution is 2.30. The first-order valence-corrected chi connectivity index (χ1v) is 10.7. The fourth-order valence-electron chi connectivity index (χ4n) is 3.50. The van der Waals surface area contributed by atoms with Crippen LogP contribution >= 0.6 is 0 Å². The first kappa shape index (κ1) is 21.2. The number of fused-ring (bicyclic) bond motifs is 1. The van der Waals surface area contributed by atoms with E-state index in [9.17, 15) is 5.26 Å². The van der Waals surface area contributed by atoms with Crippen LogP contribution in [-0.4, -0.2) is 23.2 Å². The van der Waals surface area contributed by atoms with E-state index in [1.165, 1.54) is 5.56 Å². The molecule has 5 nitrogen and oxygen atoms in total. The van der Waals surface area contributed by atoms with E-state index in [1.807, 2.05) is 68.4 Å². The number of allylic oxidation sites excluding steroid dienone is 1. The van der Waals surface area contributed by atoms with Crippen molar-refractivity contribution >= 4 is 22.7 Å². The third kappa shape index (κ3) is 4.98. The number of benzene rings is 3. The van der Waals surface area contributed by atoms with Crippen LogP contribution in [0, 0.1) is 18.3 Å². The summed E-state index contributed by atoms with van der Waals surface area (Å²) in [7, 11) is 0. The second kappa shape index (κ2) is 9.84. The van der Waals surface area contributed by atoms with Crippen LogP contribution in [0.5, 0.6) is 11.5 Å². The molecule has 0 amide bonds. The van der Waals surface area contributed by atoms with Crippen LogP contribution in [0.15, 0.2) is 66.7 Å². The number of hydrogen-bond donors (Lipinski definition) is 1. The lowest BCUT2D eigenvalue weighted by Crippen LogP contribution is -2.03. The third-order valence-corrected chi connectivity index (χ3v) is 5.08. The highest BCUT2D eigenvalue weighted by atomic mass is 16.5. The molecule has 0 aliphatic heterocycles. The zero-order valence-electron chi connectivity index (χ0n) is 18.3. The topological polar surface area (TPSA) is 70.9 Å². The quantitative estimate of drug-likeness (QED) is 0.355. The zero-order valence-corrected chi connectivity index (χ0v) is 18.3. The zero-order chi connectivity index (χ0) is 22.3. The smallest absolute Gasteiger partial charge is 0.161 e. The minimum Gasteiger partial charge on any atom is -0.490 e. The van der Waals surface area contributed by atoms with Gasteiger partial charge in [0.1, 0.15) is 11.9 Å². The summed E-state index contributed by atoms with van der Waals surface area (Å²) in [5, 5.41) is 9.74. The first-order valence-electron chi connectivity index (χ1n) is 10.7. The summed E-state index contributed by atoms with van der Waals surface area (Å²) in [6, 6.07) is 24.2. The Kier molecular flexibility index (Phi) is 6.52. The number of nitrogens with zero attached hydrogens (tertiary/aromatic N) is 2. The lowest BCUT2D eigenvalue weighted by Gasteiger charge is -2.13. The lowest BCUT2D eigenvalue weighted by atomic mass is 10.1. The van der Waals surface area contributed by atoms with Gasteiger partial charge in [-0.15, -0.1) is 0 Å². The summed E-state index contributed by atoms with van der Waals surface area (Å²) in [6.07, 6.45) is 2.62. The Bertz CT molecular complexity index is 1280. The van der Waals surface area contributed by atoms with Gasteiger partial charge in [0, 0.05) is 6.42 Å². The molecule has 0 aliphatic carbocycles. The maximum absolute atomic E-state index is 9.74. The number of rotatable bonds is 8. The number of aromatic amines is 1. The van der Waals surface area contributed by atoms with Gasteiger partial charge in [0.15, 0.2) is 11.5 Å². The van der Waals surface area contributed by atoms with E-state index in [0.29, 0.717) is 36.1 Å². The highest BCUT2D eigenvalue weighted by molar-refractivity contribution is 5.90. The number of aromatic nitrogens is 2. The summed E-state index contributed by atoms with van der Waals surface area (Å²) >= 11 is 0. The molecule has 0 atom stereocenters. The minimum atomic E-state index is 0.457. The van der Waals surface area contributed by atoms with Crippen molar-refractivity contribution in [3.8, 4) is 17.6 Å². The summed E-state index contributed by atoms with van der Waals surface area (Å²) in [5.74, 6) is 1.90. The largest absolute Gasteiger partial charge is 0.490 e. The van der Waals surface area contributed by atoms with E-state index < -0.39 is 0 Å². The SMILES string of the molecule is CCOc1cc(/C=C(/C#N)c2nc3ccc(C)cc3[nH]2)ccc1OCCc1ccccc1. The van der Waals surface area contributed by atoms with E-state index in [4.69, 9.17) is 9.47 Å². The van der Waals surface area contributed by atoms with Gasteiger partial charge in [-0.2, -0.15) is 5.26 Å². The number of hydrogen-bond acceptors (Lipinski definition) is 4. The number of H-pyrrole nitrogens is 1. The normalized spacial score (nSPS) is 11.3. The predicted molar refractivity (Wildman–Crippen MR) is 128 cm³/mol. The van der Waals surface area contributed by atoms with Crippen LogP contribution in [0.3, 0.4) is 0 Å². The molecule has 32 heavy (non-hydrogen) atoms. The summed E-state index contributed by atoms with van der Waals surface area (Å²) in [4.78, 5) is 7.81. The minimum absolute atomic E-state index is 0.457. The van der Waals surface area contributed by atoms with E-state index in [-0.39, 0.29) is 0 Å². The average Bonchev–Trinajstić information content (AvgIpc) is 3.22. The number of imidazole rings is 1. The van der Waals surface area contributed by atoms with Crippen molar-refractivity contribution in [2.75, 3.05) is 13.2 Å². The van der Waals surface area contributed by atoms with Gasteiger partial charge < -0.3 is 14.5 Å². The maximum atomic E-state index is 9.74. The van der Waals surface area contributed by atoms with Gasteiger partial charge in [0.2, 0.25) is 0 Å². The van der Waals surface area contributed by atoms with Gasteiger partial charge >= 0.3 is 0 Å².